The molecular formula is C26H33ClN4O3. The van der Waals surface area contributed by atoms with Crippen molar-refractivity contribution in [3.63, 3.8) is 0 Å². The molecular weight excluding hydrogens is 452 g/mol. The lowest BCUT2D eigenvalue weighted by molar-refractivity contribution is -0.122. The summed E-state index contributed by atoms with van der Waals surface area (Å²) in [7, 11) is 2.16. The molecule has 1 aliphatic rings. The zero-order chi connectivity index (χ0) is 24.2. The normalized spacial score (nSPS) is 15.2. The third kappa shape index (κ3) is 5.83. The molecule has 7 nitrogen and oxygen atoms in total. The van der Waals surface area contributed by atoms with Gasteiger partial charge in [-0.25, -0.2) is 0 Å². The molecule has 0 unspecified atom stereocenters. The van der Waals surface area contributed by atoms with Gasteiger partial charge < -0.3 is 19.4 Å². The maximum absolute atomic E-state index is 13.5. The second-order valence-corrected chi connectivity index (χ2v) is 9.93. The minimum absolute atomic E-state index is 0.0144. The van der Waals surface area contributed by atoms with Gasteiger partial charge in [0, 0.05) is 28.9 Å². The number of ether oxygens (including phenoxy) is 1. The quantitative estimate of drug-likeness (QED) is 0.523. The minimum atomic E-state index is -0.249. The molecule has 0 aliphatic carbocycles. The van der Waals surface area contributed by atoms with Gasteiger partial charge in [0.1, 0.15) is 17.8 Å². The van der Waals surface area contributed by atoms with Gasteiger partial charge in [-0.15, -0.1) is 0 Å². The fraction of sp³-hybridized carbons (Fsp3) is 0.462. The Balaban J connectivity index is 1.61. The first-order valence-corrected chi connectivity index (χ1v) is 12.3. The van der Waals surface area contributed by atoms with Crippen LogP contribution in [0.2, 0.25) is 5.02 Å². The summed E-state index contributed by atoms with van der Waals surface area (Å²) in [6, 6.07) is 9.03. The molecule has 1 saturated heterocycles. The van der Waals surface area contributed by atoms with Crippen molar-refractivity contribution >= 4 is 23.0 Å². The lowest BCUT2D eigenvalue weighted by Gasteiger charge is -2.28. The van der Waals surface area contributed by atoms with Gasteiger partial charge in [0.15, 0.2) is 0 Å². The number of amides is 1. The van der Waals surface area contributed by atoms with Crippen LogP contribution in [-0.4, -0.2) is 52.6 Å². The molecule has 0 bridgehead atoms. The predicted molar refractivity (Wildman–Crippen MR) is 136 cm³/mol. The van der Waals surface area contributed by atoms with Crippen LogP contribution in [0.25, 0.3) is 16.8 Å². The molecule has 8 heteroatoms. The van der Waals surface area contributed by atoms with Crippen molar-refractivity contribution < 1.29 is 9.53 Å². The number of fused-ring (bicyclic) bond motifs is 1. The van der Waals surface area contributed by atoms with Crippen molar-refractivity contribution in [3.05, 3.63) is 58.1 Å². The Hall–Kier alpha value is -2.77. The molecule has 0 radical (unpaired) electrons. The summed E-state index contributed by atoms with van der Waals surface area (Å²) >= 11 is 6.22. The van der Waals surface area contributed by atoms with Crippen LogP contribution < -0.4 is 15.6 Å². The monoisotopic (exact) mass is 484 g/mol. The summed E-state index contributed by atoms with van der Waals surface area (Å²) in [5.74, 6) is 1.12. The van der Waals surface area contributed by atoms with Gasteiger partial charge in [-0.3, -0.25) is 14.2 Å². The van der Waals surface area contributed by atoms with E-state index in [0.717, 1.165) is 25.1 Å². The van der Waals surface area contributed by atoms with Crippen LogP contribution in [0.5, 0.6) is 5.75 Å². The summed E-state index contributed by atoms with van der Waals surface area (Å²) < 4.78 is 9.31. The van der Waals surface area contributed by atoms with Crippen molar-refractivity contribution in [2.75, 3.05) is 26.7 Å². The van der Waals surface area contributed by atoms with Crippen molar-refractivity contribution in [2.45, 2.75) is 45.7 Å². The van der Waals surface area contributed by atoms with Crippen LogP contribution in [-0.2, 0) is 11.3 Å². The number of rotatable bonds is 8. The van der Waals surface area contributed by atoms with E-state index in [1.54, 1.807) is 22.6 Å². The van der Waals surface area contributed by atoms with Crippen LogP contribution in [0.15, 0.2) is 47.5 Å². The number of hydrogen-bond donors (Lipinski definition) is 1. The zero-order valence-electron chi connectivity index (χ0n) is 20.1. The highest BCUT2D eigenvalue weighted by atomic mass is 35.5. The van der Waals surface area contributed by atoms with Gasteiger partial charge in [0.05, 0.1) is 18.5 Å². The predicted octanol–water partition coefficient (Wildman–Crippen LogP) is 4.06. The Bertz CT molecular complexity index is 1210. The molecule has 4 rings (SSSR count). The molecule has 1 amide bonds. The van der Waals surface area contributed by atoms with E-state index in [1.807, 2.05) is 38.4 Å². The molecule has 0 spiro atoms. The van der Waals surface area contributed by atoms with E-state index in [1.165, 1.54) is 17.4 Å². The third-order valence-electron chi connectivity index (χ3n) is 6.34. The number of hydrogen-bond acceptors (Lipinski definition) is 4. The summed E-state index contributed by atoms with van der Waals surface area (Å²) in [6.45, 7) is 6.60. The maximum Gasteiger partial charge on any atom is 0.275 e. The van der Waals surface area contributed by atoms with Gasteiger partial charge >= 0.3 is 0 Å². The smallest absolute Gasteiger partial charge is 0.275 e. The highest BCUT2D eigenvalue weighted by Crippen LogP contribution is 2.25. The average Bonchev–Trinajstić information content (AvgIpc) is 3.19. The molecule has 3 heterocycles. The number of aromatic nitrogens is 2. The summed E-state index contributed by atoms with van der Waals surface area (Å²) in [4.78, 5) is 28.4. The van der Waals surface area contributed by atoms with Crippen LogP contribution in [0, 0.1) is 5.92 Å². The molecule has 3 aromatic rings. The summed E-state index contributed by atoms with van der Waals surface area (Å²) in [6.07, 6.45) is 7.09. The van der Waals surface area contributed by atoms with E-state index >= 15 is 0 Å². The average molecular weight is 485 g/mol. The highest BCUT2D eigenvalue weighted by molar-refractivity contribution is 6.30. The molecule has 34 heavy (non-hydrogen) atoms. The Morgan fingerprint density at radius 3 is 2.68 bits per heavy atom. The number of piperidine rings is 1. The molecule has 182 valence electrons. The van der Waals surface area contributed by atoms with Gasteiger partial charge in [-0.05, 0) is 71.3 Å². The minimum Gasteiger partial charge on any atom is -0.492 e. The highest BCUT2D eigenvalue weighted by Gasteiger charge is 2.18. The van der Waals surface area contributed by atoms with E-state index in [9.17, 15) is 9.59 Å². The van der Waals surface area contributed by atoms with E-state index < -0.39 is 0 Å². The van der Waals surface area contributed by atoms with E-state index in [4.69, 9.17) is 16.3 Å². The van der Waals surface area contributed by atoms with Gasteiger partial charge in [-0.1, -0.05) is 23.7 Å². The molecule has 1 fully saturated rings. The molecule has 1 N–H and O–H groups in total. The first kappa shape index (κ1) is 24.4. The number of likely N-dealkylation sites (tertiary alicyclic amines) is 1. The Morgan fingerprint density at radius 1 is 1.21 bits per heavy atom. The third-order valence-corrected chi connectivity index (χ3v) is 6.58. The molecule has 2 aromatic heterocycles. The number of benzene rings is 1. The standard InChI is InChI=1S/C26H33ClN4O3/c1-18(2)28-25(32)17-31-24(20-5-4-6-21(27)13-20)16-30-15-22(14-23(30)26(31)33)34-12-9-19-7-10-29(3)11-8-19/h4-6,13-16,18-19H,7-12,17H2,1-3H3,(H,28,32). The Labute approximate surface area is 205 Å². The lowest BCUT2D eigenvalue weighted by Crippen LogP contribution is -2.36. The van der Waals surface area contributed by atoms with Crippen molar-refractivity contribution in [1.29, 1.82) is 0 Å². The second-order valence-electron chi connectivity index (χ2n) is 9.49. The van der Waals surface area contributed by atoms with E-state index in [2.05, 4.69) is 17.3 Å². The second kappa shape index (κ2) is 10.7. The Morgan fingerprint density at radius 2 is 1.97 bits per heavy atom. The molecule has 1 aliphatic heterocycles. The van der Waals surface area contributed by atoms with Crippen molar-refractivity contribution in [3.8, 4) is 17.0 Å². The molecule has 0 saturated carbocycles. The lowest BCUT2D eigenvalue weighted by atomic mass is 9.94. The SMILES string of the molecule is CC(C)NC(=O)Cn1c(-c2cccc(Cl)c2)cn2cc(OCCC3CCN(C)CC3)cc2c1=O. The van der Waals surface area contributed by atoms with Crippen molar-refractivity contribution in [1.82, 2.24) is 19.2 Å². The fourth-order valence-electron chi connectivity index (χ4n) is 4.50. The van der Waals surface area contributed by atoms with Crippen LogP contribution in [0.3, 0.4) is 0 Å². The largest absolute Gasteiger partial charge is 0.492 e. The van der Waals surface area contributed by atoms with E-state index in [-0.39, 0.29) is 24.1 Å². The first-order valence-electron chi connectivity index (χ1n) is 11.9. The van der Waals surface area contributed by atoms with Gasteiger partial charge in [0.2, 0.25) is 5.91 Å². The topological polar surface area (TPSA) is 68.0 Å². The number of halogens is 1. The number of nitrogens with zero attached hydrogens (tertiary/aromatic N) is 3. The molecule has 0 atom stereocenters. The maximum atomic E-state index is 13.5. The summed E-state index contributed by atoms with van der Waals surface area (Å²) in [5.41, 5.74) is 1.61. The van der Waals surface area contributed by atoms with Gasteiger partial charge in [-0.2, -0.15) is 0 Å². The van der Waals surface area contributed by atoms with Crippen LogP contribution in [0.4, 0.5) is 0 Å². The van der Waals surface area contributed by atoms with Crippen LogP contribution in [0.1, 0.15) is 33.1 Å². The fourth-order valence-corrected chi connectivity index (χ4v) is 4.69. The van der Waals surface area contributed by atoms with Gasteiger partial charge in [0.25, 0.3) is 5.56 Å². The van der Waals surface area contributed by atoms with Crippen molar-refractivity contribution in [2.24, 2.45) is 5.92 Å². The zero-order valence-corrected chi connectivity index (χ0v) is 20.8. The van der Waals surface area contributed by atoms with E-state index in [0.29, 0.717) is 34.5 Å². The number of nitrogens with one attached hydrogen (secondary N) is 1. The first-order chi connectivity index (χ1) is 16.3. The number of carbonyl (C=O) groups excluding carboxylic acids is 1. The number of carbonyl (C=O) groups is 1. The Kier molecular flexibility index (Phi) is 7.63. The summed E-state index contributed by atoms with van der Waals surface area (Å²) in [5, 5.41) is 3.43. The van der Waals surface area contributed by atoms with Crippen LogP contribution >= 0.6 is 11.6 Å². The molecule has 1 aromatic carbocycles.